The van der Waals surface area contributed by atoms with Crippen molar-refractivity contribution in [2.45, 2.75) is 6.42 Å². The van der Waals surface area contributed by atoms with Gasteiger partial charge in [-0.3, -0.25) is 4.79 Å². The van der Waals surface area contributed by atoms with Crippen molar-refractivity contribution >= 4 is 28.2 Å². The zero-order valence-corrected chi connectivity index (χ0v) is 12.1. The van der Waals surface area contributed by atoms with Crippen LogP contribution >= 0.6 is 11.3 Å². The van der Waals surface area contributed by atoms with Crippen LogP contribution in [0.25, 0.3) is 22.4 Å². The van der Waals surface area contributed by atoms with Gasteiger partial charge in [0.05, 0.1) is 6.42 Å². The Kier molecular flexibility index (Phi) is 3.28. The molecule has 0 saturated carbocycles. The molecule has 0 atom stereocenters. The quantitative estimate of drug-likeness (QED) is 0.743. The van der Waals surface area contributed by atoms with E-state index in [4.69, 9.17) is 4.42 Å². The predicted octanol–water partition coefficient (Wildman–Crippen LogP) is 3.19. The van der Waals surface area contributed by atoms with Crippen LogP contribution in [-0.4, -0.2) is 29.9 Å². The molecular weight excluding hydrogens is 272 g/mol. The normalized spacial score (nSPS) is 10.9. The van der Waals surface area contributed by atoms with E-state index in [0.29, 0.717) is 6.42 Å². The smallest absolute Gasteiger partial charge is 0.228 e. The molecule has 0 unspecified atom stereocenters. The van der Waals surface area contributed by atoms with E-state index in [1.807, 2.05) is 35.7 Å². The fourth-order valence-electron chi connectivity index (χ4n) is 1.90. The lowest BCUT2D eigenvalue weighted by atomic mass is 10.2. The summed E-state index contributed by atoms with van der Waals surface area (Å²) in [5.41, 5.74) is 1.63. The Labute approximate surface area is 120 Å². The zero-order chi connectivity index (χ0) is 14.1. The van der Waals surface area contributed by atoms with Crippen LogP contribution in [0.5, 0.6) is 0 Å². The maximum Gasteiger partial charge on any atom is 0.228 e. The van der Waals surface area contributed by atoms with Crippen LogP contribution in [0.1, 0.15) is 5.01 Å². The highest BCUT2D eigenvalue weighted by Crippen LogP contribution is 2.28. The fourth-order valence-corrected chi connectivity index (χ4v) is 2.68. The second-order valence-corrected chi connectivity index (χ2v) is 5.68. The summed E-state index contributed by atoms with van der Waals surface area (Å²) >= 11 is 1.48. The molecule has 102 valence electrons. The molecule has 0 spiro atoms. The minimum atomic E-state index is 0.0514. The summed E-state index contributed by atoms with van der Waals surface area (Å²) in [5, 5.41) is 3.79. The van der Waals surface area contributed by atoms with Gasteiger partial charge in [-0.1, -0.05) is 18.2 Å². The number of amides is 1. The number of carbonyl (C=O) groups is 1. The Morgan fingerprint density at radius 3 is 2.90 bits per heavy atom. The molecule has 0 aliphatic rings. The highest BCUT2D eigenvalue weighted by atomic mass is 32.1. The molecule has 20 heavy (non-hydrogen) atoms. The van der Waals surface area contributed by atoms with Crippen LogP contribution in [0.4, 0.5) is 0 Å². The van der Waals surface area contributed by atoms with Gasteiger partial charge in [0, 0.05) is 24.9 Å². The van der Waals surface area contributed by atoms with Gasteiger partial charge in [0.2, 0.25) is 5.91 Å². The predicted molar refractivity (Wildman–Crippen MR) is 79.7 cm³/mol. The van der Waals surface area contributed by atoms with E-state index in [9.17, 15) is 4.79 Å². The molecule has 2 heterocycles. The Bertz CT molecular complexity index is 725. The molecule has 1 aromatic carbocycles. The van der Waals surface area contributed by atoms with Crippen molar-refractivity contribution in [1.82, 2.24) is 9.88 Å². The van der Waals surface area contributed by atoms with Crippen LogP contribution in [0, 0.1) is 0 Å². The third-order valence-electron chi connectivity index (χ3n) is 3.03. The lowest BCUT2D eigenvalue weighted by Crippen LogP contribution is -2.23. The highest BCUT2D eigenvalue weighted by Gasteiger charge is 2.13. The van der Waals surface area contributed by atoms with Crippen LogP contribution in [0.15, 0.2) is 40.1 Å². The number of carbonyl (C=O) groups excluding carboxylic acids is 1. The van der Waals surface area contributed by atoms with Gasteiger partial charge in [0.15, 0.2) is 5.76 Å². The molecule has 5 heteroatoms. The van der Waals surface area contributed by atoms with Crippen LogP contribution in [0.3, 0.4) is 0 Å². The number of benzene rings is 1. The van der Waals surface area contributed by atoms with Gasteiger partial charge in [-0.2, -0.15) is 0 Å². The van der Waals surface area contributed by atoms with Gasteiger partial charge >= 0.3 is 0 Å². The molecule has 0 radical (unpaired) electrons. The van der Waals surface area contributed by atoms with Gasteiger partial charge < -0.3 is 9.32 Å². The number of nitrogens with zero attached hydrogens (tertiary/aromatic N) is 2. The van der Waals surface area contributed by atoms with Gasteiger partial charge in [-0.25, -0.2) is 4.98 Å². The minimum Gasteiger partial charge on any atom is -0.454 e. The first kappa shape index (κ1) is 12.9. The Balaban J connectivity index is 1.87. The zero-order valence-electron chi connectivity index (χ0n) is 11.3. The first-order valence-corrected chi connectivity index (χ1v) is 7.15. The summed E-state index contributed by atoms with van der Waals surface area (Å²) in [7, 11) is 3.49. The van der Waals surface area contributed by atoms with E-state index in [-0.39, 0.29) is 5.91 Å². The number of likely N-dealkylation sites (N-methyl/N-ethyl adjacent to an activating group) is 1. The average molecular weight is 286 g/mol. The third kappa shape index (κ3) is 2.44. The van der Waals surface area contributed by atoms with Crippen molar-refractivity contribution in [3.63, 3.8) is 0 Å². The molecule has 2 aromatic heterocycles. The molecule has 0 bridgehead atoms. The molecule has 0 saturated heterocycles. The summed E-state index contributed by atoms with van der Waals surface area (Å²) in [6.07, 6.45) is 0.331. The molecule has 3 aromatic rings. The number of hydrogen-bond donors (Lipinski definition) is 0. The summed E-state index contributed by atoms with van der Waals surface area (Å²) in [6, 6.07) is 9.83. The molecule has 0 N–H and O–H groups in total. The third-order valence-corrected chi connectivity index (χ3v) is 3.88. The van der Waals surface area contributed by atoms with Crippen molar-refractivity contribution in [3.8, 4) is 11.5 Å². The fraction of sp³-hybridized carbons (Fsp3) is 0.200. The Hall–Kier alpha value is -2.14. The largest absolute Gasteiger partial charge is 0.454 e. The number of fused-ring (bicyclic) bond motifs is 1. The molecule has 3 rings (SSSR count). The summed E-state index contributed by atoms with van der Waals surface area (Å²) in [4.78, 5) is 17.7. The van der Waals surface area contributed by atoms with Gasteiger partial charge in [0.25, 0.3) is 0 Å². The monoisotopic (exact) mass is 286 g/mol. The van der Waals surface area contributed by atoms with Crippen molar-refractivity contribution in [3.05, 3.63) is 40.7 Å². The van der Waals surface area contributed by atoms with Crippen LogP contribution in [-0.2, 0) is 11.2 Å². The molecule has 4 nitrogen and oxygen atoms in total. The van der Waals surface area contributed by atoms with Crippen molar-refractivity contribution in [2.24, 2.45) is 0 Å². The van der Waals surface area contributed by atoms with Crippen molar-refractivity contribution < 1.29 is 9.21 Å². The number of rotatable bonds is 3. The highest BCUT2D eigenvalue weighted by molar-refractivity contribution is 7.10. The number of hydrogen-bond acceptors (Lipinski definition) is 4. The van der Waals surface area contributed by atoms with E-state index in [2.05, 4.69) is 4.98 Å². The van der Waals surface area contributed by atoms with E-state index in [0.717, 1.165) is 27.4 Å². The van der Waals surface area contributed by atoms with Crippen LogP contribution in [0.2, 0.25) is 0 Å². The molecule has 0 aliphatic heterocycles. The van der Waals surface area contributed by atoms with Crippen molar-refractivity contribution in [2.75, 3.05) is 14.1 Å². The SMILES string of the molecule is CN(C)C(=O)Cc1nc(-c2cc3ccccc3o2)cs1. The lowest BCUT2D eigenvalue weighted by Gasteiger charge is -2.07. The van der Waals surface area contributed by atoms with Gasteiger partial charge in [-0.15, -0.1) is 11.3 Å². The summed E-state index contributed by atoms with van der Waals surface area (Å²) < 4.78 is 5.77. The minimum absolute atomic E-state index is 0.0514. The van der Waals surface area contributed by atoms with Gasteiger partial charge in [0.1, 0.15) is 16.3 Å². The number of aromatic nitrogens is 1. The maximum atomic E-state index is 11.7. The molecule has 0 aliphatic carbocycles. The van der Waals surface area contributed by atoms with Gasteiger partial charge in [-0.05, 0) is 12.1 Å². The van der Waals surface area contributed by atoms with Crippen LogP contribution < -0.4 is 0 Å². The van der Waals surface area contributed by atoms with E-state index in [1.54, 1.807) is 19.0 Å². The second-order valence-electron chi connectivity index (χ2n) is 4.74. The molecule has 0 fully saturated rings. The average Bonchev–Trinajstić information content (AvgIpc) is 3.03. The standard InChI is InChI=1S/C15H14N2O2S/c1-17(2)15(18)8-14-16-11(9-20-14)13-7-10-5-3-4-6-12(10)19-13/h3-7,9H,8H2,1-2H3. The van der Waals surface area contributed by atoms with E-state index in [1.165, 1.54) is 11.3 Å². The Morgan fingerprint density at radius 2 is 2.15 bits per heavy atom. The topological polar surface area (TPSA) is 46.3 Å². The molecule has 1 amide bonds. The van der Waals surface area contributed by atoms with E-state index >= 15 is 0 Å². The Morgan fingerprint density at radius 1 is 1.35 bits per heavy atom. The van der Waals surface area contributed by atoms with Crippen molar-refractivity contribution in [1.29, 1.82) is 0 Å². The maximum absolute atomic E-state index is 11.7. The number of para-hydroxylation sites is 1. The summed E-state index contributed by atoms with van der Waals surface area (Å²) in [6.45, 7) is 0. The first-order valence-electron chi connectivity index (χ1n) is 6.27. The number of thiazole rings is 1. The van der Waals surface area contributed by atoms with E-state index < -0.39 is 0 Å². The lowest BCUT2D eigenvalue weighted by molar-refractivity contribution is -0.127. The first-order chi connectivity index (χ1) is 9.63. The number of furan rings is 1. The second kappa shape index (κ2) is 5.09. The summed E-state index contributed by atoms with van der Waals surface area (Å²) in [5.74, 6) is 0.793. The molecular formula is C15H14N2O2S.